The Labute approximate surface area is 158 Å². The largest absolute Gasteiger partial charge is 0.493 e. The Morgan fingerprint density at radius 2 is 2.23 bits per heavy atom. The molecule has 6 nitrogen and oxygen atoms in total. The van der Waals surface area contributed by atoms with Gasteiger partial charge in [0, 0.05) is 19.0 Å². The van der Waals surface area contributed by atoms with Crippen LogP contribution in [0.15, 0.2) is 41.6 Å². The molecule has 2 aromatic rings. The van der Waals surface area contributed by atoms with Crippen LogP contribution in [-0.2, 0) is 4.84 Å². The number of rotatable bonds is 7. The first-order valence-corrected chi connectivity index (χ1v) is 9.25. The molecule has 7 heteroatoms. The summed E-state index contributed by atoms with van der Waals surface area (Å²) >= 11 is 5.82. The maximum absolute atomic E-state index is 6.01. The molecule has 1 aliphatic heterocycles. The summed E-state index contributed by atoms with van der Waals surface area (Å²) in [6.07, 6.45) is 3.94. The molecule has 3 rings (SSSR count). The molecule has 0 spiro atoms. The highest BCUT2D eigenvalue weighted by atomic mass is 35.5. The molecular formula is C19H23ClN4O2. The Kier molecular flexibility index (Phi) is 6.66. The molecule has 1 unspecified atom stereocenters. The average molecular weight is 375 g/mol. The van der Waals surface area contributed by atoms with Gasteiger partial charge in [-0.15, -0.1) is 10.2 Å². The fourth-order valence-corrected chi connectivity index (χ4v) is 3.06. The maximum atomic E-state index is 6.01. The lowest BCUT2D eigenvalue weighted by molar-refractivity contribution is 0.160. The van der Waals surface area contributed by atoms with E-state index in [1.165, 1.54) is 0 Å². The number of ether oxygens (including phenoxy) is 1. The number of nitrogens with zero attached hydrogens (tertiary/aromatic N) is 4. The van der Waals surface area contributed by atoms with Gasteiger partial charge in [-0.1, -0.05) is 28.9 Å². The number of anilines is 1. The number of hydrogen-bond donors (Lipinski definition) is 0. The Bertz CT molecular complexity index is 724. The smallest absolute Gasteiger partial charge is 0.151 e. The van der Waals surface area contributed by atoms with Gasteiger partial charge in [-0.2, -0.15) is 0 Å². The van der Waals surface area contributed by atoms with Crippen molar-refractivity contribution in [1.29, 1.82) is 0 Å². The second-order valence-electron chi connectivity index (χ2n) is 6.20. The van der Waals surface area contributed by atoms with Crippen LogP contribution < -0.4 is 9.64 Å². The number of piperidine rings is 1. The molecule has 1 aromatic heterocycles. The molecule has 0 bridgehead atoms. The van der Waals surface area contributed by atoms with Crippen molar-refractivity contribution in [3.05, 3.63) is 47.1 Å². The van der Waals surface area contributed by atoms with Gasteiger partial charge in [-0.25, -0.2) is 0 Å². The number of aromatic nitrogens is 2. The molecule has 0 radical (unpaired) electrons. The van der Waals surface area contributed by atoms with Crippen molar-refractivity contribution < 1.29 is 9.57 Å². The van der Waals surface area contributed by atoms with Crippen LogP contribution in [0.1, 0.15) is 25.3 Å². The Morgan fingerprint density at radius 1 is 1.31 bits per heavy atom. The van der Waals surface area contributed by atoms with Crippen molar-refractivity contribution in [3.8, 4) is 5.75 Å². The zero-order chi connectivity index (χ0) is 18.2. The van der Waals surface area contributed by atoms with E-state index in [1.807, 2.05) is 37.3 Å². The predicted molar refractivity (Wildman–Crippen MR) is 103 cm³/mol. The van der Waals surface area contributed by atoms with Crippen LogP contribution >= 0.6 is 11.6 Å². The summed E-state index contributed by atoms with van der Waals surface area (Å²) in [5.74, 6) is 2.16. The van der Waals surface area contributed by atoms with E-state index in [0.29, 0.717) is 24.3 Å². The van der Waals surface area contributed by atoms with E-state index in [1.54, 1.807) is 12.3 Å². The highest BCUT2D eigenvalue weighted by Crippen LogP contribution is 2.23. The number of halogens is 1. The van der Waals surface area contributed by atoms with Crippen molar-refractivity contribution in [2.75, 3.05) is 31.2 Å². The minimum absolute atomic E-state index is 0.415. The van der Waals surface area contributed by atoms with E-state index in [9.17, 15) is 0 Å². The summed E-state index contributed by atoms with van der Waals surface area (Å²) in [6.45, 7) is 5.02. The Morgan fingerprint density at radius 3 is 3.04 bits per heavy atom. The first kappa shape index (κ1) is 18.5. The molecule has 0 saturated carbocycles. The highest BCUT2D eigenvalue weighted by molar-refractivity contribution is 6.29. The van der Waals surface area contributed by atoms with Gasteiger partial charge >= 0.3 is 0 Å². The molecule has 1 atom stereocenters. The average Bonchev–Trinajstić information content (AvgIpc) is 2.68. The molecule has 1 aliphatic rings. The van der Waals surface area contributed by atoms with Crippen LogP contribution in [0.4, 0.5) is 5.82 Å². The van der Waals surface area contributed by atoms with Gasteiger partial charge in [-0.05, 0) is 49.6 Å². The lowest BCUT2D eigenvalue weighted by Crippen LogP contribution is -2.38. The molecule has 26 heavy (non-hydrogen) atoms. The van der Waals surface area contributed by atoms with Gasteiger partial charge in [0.05, 0.1) is 12.8 Å². The molecule has 1 fully saturated rings. The molecule has 0 aliphatic carbocycles. The van der Waals surface area contributed by atoms with Gasteiger partial charge in [0.1, 0.15) is 12.4 Å². The van der Waals surface area contributed by atoms with Gasteiger partial charge in [0.2, 0.25) is 0 Å². The van der Waals surface area contributed by atoms with E-state index in [-0.39, 0.29) is 0 Å². The standard InChI is InChI=1S/C19H23ClN4O2/c1-2-26-21-12-15-5-3-7-17(11-15)25-14-16-6-4-10-24(13-16)19-9-8-18(20)22-23-19/h3,5,7-9,11-12,16H,2,4,6,10,13-14H2,1H3. The van der Waals surface area contributed by atoms with Crippen molar-refractivity contribution in [3.63, 3.8) is 0 Å². The number of benzene rings is 1. The van der Waals surface area contributed by atoms with Crippen molar-refractivity contribution in [2.45, 2.75) is 19.8 Å². The van der Waals surface area contributed by atoms with Crippen molar-refractivity contribution in [2.24, 2.45) is 11.1 Å². The second kappa shape index (κ2) is 9.38. The monoisotopic (exact) mass is 374 g/mol. The fraction of sp³-hybridized carbons (Fsp3) is 0.421. The van der Waals surface area contributed by atoms with Crippen LogP contribution in [0.25, 0.3) is 0 Å². The molecule has 138 valence electrons. The summed E-state index contributed by atoms with van der Waals surface area (Å²) in [4.78, 5) is 7.24. The molecule has 0 amide bonds. The molecular weight excluding hydrogens is 352 g/mol. The van der Waals surface area contributed by atoms with Crippen molar-refractivity contribution >= 4 is 23.6 Å². The predicted octanol–water partition coefficient (Wildman–Crippen LogP) is 3.80. The van der Waals surface area contributed by atoms with E-state index >= 15 is 0 Å². The zero-order valence-electron chi connectivity index (χ0n) is 14.8. The third-order valence-corrected chi connectivity index (χ3v) is 4.41. The van der Waals surface area contributed by atoms with Gasteiger partial charge < -0.3 is 14.5 Å². The second-order valence-corrected chi connectivity index (χ2v) is 6.59. The fourth-order valence-electron chi connectivity index (χ4n) is 2.96. The minimum Gasteiger partial charge on any atom is -0.493 e. The van der Waals surface area contributed by atoms with Crippen LogP contribution in [0, 0.1) is 5.92 Å². The third-order valence-electron chi connectivity index (χ3n) is 4.21. The van der Waals surface area contributed by atoms with Crippen LogP contribution in [0.5, 0.6) is 5.75 Å². The normalized spacial score (nSPS) is 17.5. The van der Waals surface area contributed by atoms with E-state index in [2.05, 4.69) is 20.3 Å². The maximum Gasteiger partial charge on any atom is 0.151 e. The molecule has 1 saturated heterocycles. The molecule has 0 N–H and O–H groups in total. The molecule has 2 heterocycles. The van der Waals surface area contributed by atoms with Gasteiger partial charge in [0.15, 0.2) is 11.0 Å². The first-order valence-electron chi connectivity index (χ1n) is 8.87. The summed E-state index contributed by atoms with van der Waals surface area (Å²) < 4.78 is 6.01. The lowest BCUT2D eigenvalue weighted by atomic mass is 9.99. The van der Waals surface area contributed by atoms with Crippen LogP contribution in [-0.4, -0.2) is 42.7 Å². The summed E-state index contributed by atoms with van der Waals surface area (Å²) in [5, 5.41) is 12.4. The topological polar surface area (TPSA) is 59.8 Å². The SMILES string of the molecule is CCON=Cc1cccc(OCC2CCCN(c3ccc(Cl)nn3)C2)c1. The van der Waals surface area contributed by atoms with Crippen LogP contribution in [0.2, 0.25) is 5.15 Å². The number of oxime groups is 1. The quantitative estimate of drug-likeness (QED) is 0.545. The van der Waals surface area contributed by atoms with Crippen LogP contribution in [0.3, 0.4) is 0 Å². The third kappa shape index (κ3) is 5.33. The summed E-state index contributed by atoms with van der Waals surface area (Å²) in [6, 6.07) is 11.5. The summed E-state index contributed by atoms with van der Waals surface area (Å²) in [7, 11) is 0. The van der Waals surface area contributed by atoms with Gasteiger partial charge in [-0.3, -0.25) is 0 Å². The van der Waals surface area contributed by atoms with E-state index in [0.717, 1.165) is 43.1 Å². The molecule has 1 aromatic carbocycles. The van der Waals surface area contributed by atoms with E-state index < -0.39 is 0 Å². The summed E-state index contributed by atoms with van der Waals surface area (Å²) in [5.41, 5.74) is 0.956. The van der Waals surface area contributed by atoms with Gasteiger partial charge in [0.25, 0.3) is 0 Å². The number of hydrogen-bond acceptors (Lipinski definition) is 6. The van der Waals surface area contributed by atoms with Crippen molar-refractivity contribution in [1.82, 2.24) is 10.2 Å². The highest BCUT2D eigenvalue weighted by Gasteiger charge is 2.21. The minimum atomic E-state index is 0.415. The zero-order valence-corrected chi connectivity index (χ0v) is 15.6. The Balaban J connectivity index is 1.54. The Hall–Kier alpha value is -2.34. The first-order chi connectivity index (χ1) is 12.7. The lowest BCUT2D eigenvalue weighted by Gasteiger charge is -2.33. The van der Waals surface area contributed by atoms with E-state index in [4.69, 9.17) is 21.2 Å².